The fourth-order valence-electron chi connectivity index (χ4n) is 2.73. The van der Waals surface area contributed by atoms with E-state index in [0.717, 1.165) is 5.56 Å². The molecule has 0 aliphatic rings. The lowest BCUT2D eigenvalue weighted by atomic mass is 9.86. The first-order chi connectivity index (χ1) is 13.9. The van der Waals surface area contributed by atoms with Crippen LogP contribution in [0.1, 0.15) is 52.8 Å². The highest BCUT2D eigenvalue weighted by molar-refractivity contribution is 6.32. The van der Waals surface area contributed by atoms with E-state index >= 15 is 0 Å². The molecule has 0 saturated heterocycles. The number of hydrogen-bond donors (Lipinski definition) is 2. The first-order valence-electron chi connectivity index (χ1n) is 9.93. The van der Waals surface area contributed by atoms with Crippen LogP contribution in [0.5, 0.6) is 5.88 Å². The quantitative estimate of drug-likeness (QED) is 0.663. The van der Waals surface area contributed by atoms with Gasteiger partial charge in [0.25, 0.3) is 5.88 Å². The van der Waals surface area contributed by atoms with Crippen LogP contribution < -0.4 is 10.1 Å². The number of rotatable bonds is 7. The normalized spacial score (nSPS) is 13.1. The van der Waals surface area contributed by atoms with E-state index in [2.05, 4.69) is 10.4 Å². The first kappa shape index (κ1) is 24.0. The second-order valence-corrected chi connectivity index (χ2v) is 9.62. The minimum Gasteiger partial charge on any atom is -0.471 e. The van der Waals surface area contributed by atoms with Crippen LogP contribution in [0.15, 0.2) is 30.3 Å². The monoisotopic (exact) mass is 437 g/mol. The molecule has 7 nitrogen and oxygen atoms in total. The summed E-state index contributed by atoms with van der Waals surface area (Å²) in [5.74, 6) is 0.245. The summed E-state index contributed by atoms with van der Waals surface area (Å²) in [6.45, 7) is 11.8. The number of nitrogens with one attached hydrogen (secondary N) is 1. The van der Waals surface area contributed by atoms with Crippen molar-refractivity contribution in [3.05, 3.63) is 46.6 Å². The van der Waals surface area contributed by atoms with Gasteiger partial charge in [0, 0.05) is 0 Å². The summed E-state index contributed by atoms with van der Waals surface area (Å²) in [6.07, 6.45) is -0.508. The Balaban J connectivity index is 2.19. The fourth-order valence-corrected chi connectivity index (χ4v) is 2.98. The number of carbonyl (C=O) groups is 1. The Morgan fingerprint density at radius 2 is 1.83 bits per heavy atom. The lowest BCUT2D eigenvalue weighted by Crippen LogP contribution is -2.48. The largest absolute Gasteiger partial charge is 0.471 e. The number of amides is 1. The Hall–Kier alpha value is -2.25. The third-order valence-corrected chi connectivity index (χ3v) is 4.80. The van der Waals surface area contributed by atoms with Crippen molar-refractivity contribution in [1.82, 2.24) is 15.1 Å². The summed E-state index contributed by atoms with van der Waals surface area (Å²) in [4.78, 5) is 12.3. The van der Waals surface area contributed by atoms with E-state index in [9.17, 15) is 9.90 Å². The second-order valence-electron chi connectivity index (χ2n) is 9.25. The van der Waals surface area contributed by atoms with E-state index < -0.39 is 11.7 Å². The molecule has 1 atom stereocenters. The van der Waals surface area contributed by atoms with Gasteiger partial charge in [-0.3, -0.25) is 4.68 Å². The molecule has 166 valence electrons. The minimum absolute atomic E-state index is 0.245. The predicted molar refractivity (Wildman–Crippen MR) is 117 cm³/mol. The molecule has 0 bridgehead atoms. The van der Waals surface area contributed by atoms with E-state index in [0.29, 0.717) is 18.8 Å². The molecule has 0 radical (unpaired) electrons. The average Bonchev–Trinajstić information content (AvgIpc) is 2.92. The van der Waals surface area contributed by atoms with Crippen molar-refractivity contribution in [2.24, 2.45) is 5.41 Å². The minimum atomic E-state index is -0.601. The summed E-state index contributed by atoms with van der Waals surface area (Å²) in [6, 6.07) is 9.34. The summed E-state index contributed by atoms with van der Waals surface area (Å²) < 4.78 is 12.7. The van der Waals surface area contributed by atoms with Crippen molar-refractivity contribution in [2.75, 3.05) is 0 Å². The number of hydrogen-bond acceptors (Lipinski definition) is 5. The number of benzene rings is 1. The number of aliphatic hydroxyl groups is 1. The molecule has 2 aromatic rings. The maximum atomic E-state index is 12.3. The molecule has 30 heavy (non-hydrogen) atoms. The Labute approximate surface area is 183 Å². The van der Waals surface area contributed by atoms with Crippen LogP contribution in [0.25, 0.3) is 0 Å². The highest BCUT2D eigenvalue weighted by Crippen LogP contribution is 2.30. The standard InChI is InChI=1S/C22H32ClN3O4/c1-21(2,3)17(24-20(28)30-22(4,5)6)12-26-16(13-27)18(23)19(25-26)29-14-15-10-8-7-9-11-15/h7-11,17,27H,12-14H2,1-6H3,(H,24,28)/t17-/m0/s1. The molecule has 8 heteroatoms. The number of ether oxygens (including phenoxy) is 2. The molecule has 0 aliphatic carbocycles. The van der Waals surface area contributed by atoms with Crippen molar-refractivity contribution in [1.29, 1.82) is 0 Å². The third kappa shape index (κ3) is 6.92. The summed E-state index contributed by atoms with van der Waals surface area (Å²) in [5.41, 5.74) is 0.511. The van der Waals surface area contributed by atoms with Crippen molar-refractivity contribution in [3.8, 4) is 5.88 Å². The Morgan fingerprint density at radius 1 is 1.20 bits per heavy atom. The molecule has 0 unspecified atom stereocenters. The van der Waals surface area contributed by atoms with E-state index in [1.807, 2.05) is 71.9 Å². The van der Waals surface area contributed by atoms with E-state index in [-0.39, 0.29) is 29.0 Å². The molecule has 2 N–H and O–H groups in total. The predicted octanol–water partition coefficient (Wildman–Crippen LogP) is 4.55. The first-order valence-corrected chi connectivity index (χ1v) is 10.3. The van der Waals surface area contributed by atoms with Crippen molar-refractivity contribution in [3.63, 3.8) is 0 Å². The van der Waals surface area contributed by atoms with Crippen LogP contribution in [0, 0.1) is 5.41 Å². The smallest absolute Gasteiger partial charge is 0.407 e. The zero-order chi connectivity index (χ0) is 22.5. The Morgan fingerprint density at radius 3 is 2.37 bits per heavy atom. The number of carbonyl (C=O) groups excluding carboxylic acids is 1. The molecule has 1 heterocycles. The zero-order valence-corrected chi connectivity index (χ0v) is 19.3. The molecule has 1 amide bonds. The molecular weight excluding hydrogens is 406 g/mol. The molecular formula is C22H32ClN3O4. The van der Waals surface area contributed by atoms with Crippen molar-refractivity contribution < 1.29 is 19.4 Å². The van der Waals surface area contributed by atoms with Gasteiger partial charge in [-0.25, -0.2) is 4.79 Å². The van der Waals surface area contributed by atoms with Crippen LogP contribution in [-0.2, 0) is 24.5 Å². The maximum absolute atomic E-state index is 12.3. The van der Waals surface area contributed by atoms with Crippen LogP contribution in [0.3, 0.4) is 0 Å². The van der Waals surface area contributed by atoms with Gasteiger partial charge in [-0.05, 0) is 31.7 Å². The van der Waals surface area contributed by atoms with Crippen LogP contribution in [0.2, 0.25) is 5.02 Å². The molecule has 1 aromatic carbocycles. The summed E-state index contributed by atoms with van der Waals surface area (Å²) in [7, 11) is 0. The maximum Gasteiger partial charge on any atom is 0.407 e. The number of nitrogens with zero attached hydrogens (tertiary/aromatic N) is 2. The van der Waals surface area contributed by atoms with Gasteiger partial charge in [0.15, 0.2) is 0 Å². The van der Waals surface area contributed by atoms with Gasteiger partial charge in [0.1, 0.15) is 17.2 Å². The lowest BCUT2D eigenvalue weighted by molar-refractivity contribution is 0.0451. The summed E-state index contributed by atoms with van der Waals surface area (Å²) in [5, 5.41) is 17.5. The number of aromatic nitrogens is 2. The molecule has 1 aromatic heterocycles. The van der Waals surface area contributed by atoms with Crippen molar-refractivity contribution in [2.45, 2.75) is 72.9 Å². The van der Waals surface area contributed by atoms with Crippen molar-refractivity contribution >= 4 is 17.7 Å². The van der Waals surface area contributed by atoms with Gasteiger partial charge in [-0.15, -0.1) is 5.10 Å². The number of aliphatic hydroxyl groups excluding tert-OH is 1. The third-order valence-electron chi connectivity index (χ3n) is 4.42. The molecule has 2 rings (SSSR count). The van der Waals surface area contributed by atoms with Crippen LogP contribution >= 0.6 is 11.6 Å². The van der Waals surface area contributed by atoms with Gasteiger partial charge in [-0.2, -0.15) is 0 Å². The van der Waals surface area contributed by atoms with Gasteiger partial charge in [0.2, 0.25) is 0 Å². The Bertz CT molecular complexity index is 839. The van der Waals surface area contributed by atoms with E-state index in [1.54, 1.807) is 4.68 Å². The number of alkyl carbamates (subject to hydrolysis) is 1. The summed E-state index contributed by atoms with van der Waals surface area (Å²) >= 11 is 6.41. The second kappa shape index (κ2) is 9.71. The van der Waals surface area contributed by atoms with Crippen LogP contribution in [-0.4, -0.2) is 32.6 Å². The van der Waals surface area contributed by atoms with Gasteiger partial charge in [0.05, 0.1) is 24.9 Å². The van der Waals surface area contributed by atoms with Gasteiger partial charge < -0.3 is 19.9 Å². The van der Waals surface area contributed by atoms with Crippen LogP contribution in [0.4, 0.5) is 4.79 Å². The molecule has 0 fully saturated rings. The van der Waals surface area contributed by atoms with E-state index in [4.69, 9.17) is 21.1 Å². The number of halogens is 1. The topological polar surface area (TPSA) is 85.6 Å². The van der Waals surface area contributed by atoms with Gasteiger partial charge in [-0.1, -0.05) is 62.7 Å². The fraction of sp³-hybridized carbons (Fsp3) is 0.545. The highest BCUT2D eigenvalue weighted by Gasteiger charge is 2.30. The van der Waals surface area contributed by atoms with E-state index in [1.165, 1.54) is 0 Å². The lowest BCUT2D eigenvalue weighted by Gasteiger charge is -2.32. The average molecular weight is 438 g/mol. The molecule has 0 saturated carbocycles. The molecule has 0 spiro atoms. The Kier molecular flexibility index (Phi) is 7.77. The van der Waals surface area contributed by atoms with Gasteiger partial charge >= 0.3 is 6.09 Å². The highest BCUT2D eigenvalue weighted by atomic mass is 35.5. The molecule has 0 aliphatic heterocycles. The SMILES string of the molecule is CC(C)(C)OC(=O)N[C@@H](Cn1nc(OCc2ccccc2)c(Cl)c1CO)C(C)(C)C. The zero-order valence-electron chi connectivity index (χ0n) is 18.5.